The number of aliphatic hydroxyl groups is 1. The van der Waals surface area contributed by atoms with E-state index in [1.807, 2.05) is 24.3 Å². The Morgan fingerprint density at radius 2 is 1.97 bits per heavy atom. The van der Waals surface area contributed by atoms with E-state index in [2.05, 4.69) is 38.9 Å². The minimum Gasteiger partial charge on any atom is -0.496 e. The number of benzene rings is 1. The van der Waals surface area contributed by atoms with Crippen LogP contribution in [0.5, 0.6) is 5.75 Å². The molecule has 35 heavy (non-hydrogen) atoms. The number of para-hydroxylation sites is 1. The average Bonchev–Trinajstić information content (AvgIpc) is 2.88. The normalized spacial score (nSPS) is 29.4. The van der Waals surface area contributed by atoms with Crippen LogP contribution in [0.4, 0.5) is 11.8 Å². The van der Waals surface area contributed by atoms with Crippen molar-refractivity contribution >= 4 is 11.8 Å². The summed E-state index contributed by atoms with van der Waals surface area (Å²) in [5.74, 6) is 4.02. The quantitative estimate of drug-likeness (QED) is 0.412. The molecule has 8 nitrogen and oxygen atoms in total. The van der Waals surface area contributed by atoms with E-state index in [9.17, 15) is 10.4 Å². The van der Waals surface area contributed by atoms with E-state index in [0.717, 1.165) is 23.8 Å². The van der Waals surface area contributed by atoms with Gasteiger partial charge in [-0.2, -0.15) is 10.2 Å². The van der Waals surface area contributed by atoms with E-state index in [0.29, 0.717) is 41.8 Å². The van der Waals surface area contributed by atoms with Crippen molar-refractivity contribution < 1.29 is 9.84 Å². The molecule has 2 aromatic rings. The van der Waals surface area contributed by atoms with Crippen LogP contribution in [-0.2, 0) is 6.54 Å². The zero-order chi connectivity index (χ0) is 24.4. The number of nitriles is 1. The molecule has 0 saturated heterocycles. The van der Waals surface area contributed by atoms with Crippen molar-refractivity contribution in [1.29, 1.82) is 5.26 Å². The number of aliphatic hydroxyl groups excluding tert-OH is 1. The molecule has 4 saturated carbocycles. The predicted molar refractivity (Wildman–Crippen MR) is 135 cm³/mol. The van der Waals surface area contributed by atoms with Crippen LogP contribution >= 0.6 is 0 Å². The second kappa shape index (κ2) is 10.00. The number of aromatic nitrogens is 2. The summed E-state index contributed by atoms with van der Waals surface area (Å²) in [6.45, 7) is 3.62. The summed E-state index contributed by atoms with van der Waals surface area (Å²) in [7, 11) is 1.66. The third-order valence-electron chi connectivity index (χ3n) is 8.32. The molecule has 4 aliphatic rings. The molecule has 8 heteroatoms. The third kappa shape index (κ3) is 4.93. The molecular formula is C27H36N6O2. The fraction of sp³-hybridized carbons (Fsp3) is 0.593. The molecule has 0 aliphatic heterocycles. The van der Waals surface area contributed by atoms with Gasteiger partial charge in [-0.3, -0.25) is 0 Å². The zero-order valence-corrected chi connectivity index (χ0v) is 20.6. The van der Waals surface area contributed by atoms with Crippen molar-refractivity contribution in [3.8, 4) is 11.8 Å². The lowest BCUT2D eigenvalue weighted by molar-refractivity contribution is -0.0727. The van der Waals surface area contributed by atoms with Gasteiger partial charge in [0.15, 0.2) is 0 Å². The molecule has 6 atom stereocenters. The molecule has 1 aromatic heterocycles. The molecule has 186 valence electrons. The Bertz CT molecular complexity index is 1070. The molecule has 2 unspecified atom stereocenters. The molecule has 1 aromatic carbocycles. The second-order valence-corrected chi connectivity index (χ2v) is 10.8. The summed E-state index contributed by atoms with van der Waals surface area (Å²) in [5.41, 5.74) is 1.73. The summed E-state index contributed by atoms with van der Waals surface area (Å²) in [6.07, 6.45) is 7.81. The molecule has 6 rings (SSSR count). The summed E-state index contributed by atoms with van der Waals surface area (Å²) in [5, 5.41) is 29.7. The first-order chi connectivity index (χ1) is 17.0. The maximum Gasteiger partial charge on any atom is 0.224 e. The SMILES string of the molecule is COc1ccccc1CNc1ncc(C#N)c(NC[C@@]23CC4C[C@H](C2)[C@@H](NC(C)CO)[C@@H](C4)C3)n1. The fourth-order valence-corrected chi connectivity index (χ4v) is 7.04. The van der Waals surface area contributed by atoms with Crippen LogP contribution in [0.3, 0.4) is 0 Å². The van der Waals surface area contributed by atoms with Crippen molar-refractivity contribution in [3.05, 3.63) is 41.6 Å². The molecule has 0 spiro atoms. The number of nitrogens with zero attached hydrogens (tertiary/aromatic N) is 3. The van der Waals surface area contributed by atoms with Crippen molar-refractivity contribution in [2.75, 3.05) is 30.9 Å². The number of anilines is 2. The molecule has 4 N–H and O–H groups in total. The maximum absolute atomic E-state index is 9.65. The Morgan fingerprint density at radius 3 is 2.69 bits per heavy atom. The smallest absolute Gasteiger partial charge is 0.224 e. The van der Waals surface area contributed by atoms with E-state index < -0.39 is 0 Å². The van der Waals surface area contributed by atoms with Gasteiger partial charge in [-0.15, -0.1) is 0 Å². The number of hydrogen-bond acceptors (Lipinski definition) is 8. The molecule has 4 aliphatic carbocycles. The number of nitrogens with one attached hydrogen (secondary N) is 3. The highest BCUT2D eigenvalue weighted by Crippen LogP contribution is 2.60. The number of ether oxygens (including phenoxy) is 1. The van der Waals surface area contributed by atoms with Crippen LogP contribution in [0.2, 0.25) is 0 Å². The Labute approximate surface area is 207 Å². The van der Waals surface area contributed by atoms with Crippen molar-refractivity contribution in [1.82, 2.24) is 15.3 Å². The van der Waals surface area contributed by atoms with Gasteiger partial charge in [0.25, 0.3) is 0 Å². The van der Waals surface area contributed by atoms with E-state index in [-0.39, 0.29) is 18.1 Å². The Hall–Kier alpha value is -2.89. The third-order valence-corrected chi connectivity index (χ3v) is 8.32. The van der Waals surface area contributed by atoms with Gasteiger partial charge in [0, 0.05) is 30.7 Å². The second-order valence-electron chi connectivity index (χ2n) is 10.8. The zero-order valence-electron chi connectivity index (χ0n) is 20.6. The van der Waals surface area contributed by atoms with E-state index in [1.165, 1.54) is 32.1 Å². The van der Waals surface area contributed by atoms with Crippen LogP contribution in [-0.4, -0.2) is 47.4 Å². The Morgan fingerprint density at radius 1 is 1.20 bits per heavy atom. The van der Waals surface area contributed by atoms with Crippen LogP contribution in [0.1, 0.15) is 50.2 Å². The van der Waals surface area contributed by atoms with Gasteiger partial charge < -0.3 is 25.8 Å². The minimum atomic E-state index is 0.146. The van der Waals surface area contributed by atoms with Crippen LogP contribution in [0.25, 0.3) is 0 Å². The number of rotatable bonds is 10. The monoisotopic (exact) mass is 476 g/mol. The van der Waals surface area contributed by atoms with Crippen molar-refractivity contribution in [2.45, 2.75) is 57.7 Å². The van der Waals surface area contributed by atoms with Gasteiger partial charge in [0.1, 0.15) is 23.2 Å². The first-order valence-electron chi connectivity index (χ1n) is 12.8. The number of methoxy groups -OCH3 is 1. The molecule has 0 radical (unpaired) electrons. The Balaban J connectivity index is 1.26. The number of hydrogen-bond donors (Lipinski definition) is 4. The van der Waals surface area contributed by atoms with Gasteiger partial charge in [-0.25, -0.2) is 4.98 Å². The van der Waals surface area contributed by atoms with Gasteiger partial charge in [-0.05, 0) is 68.3 Å². The van der Waals surface area contributed by atoms with Gasteiger partial charge in [-0.1, -0.05) is 18.2 Å². The largest absolute Gasteiger partial charge is 0.496 e. The van der Waals surface area contributed by atoms with Crippen LogP contribution in [0, 0.1) is 34.5 Å². The van der Waals surface area contributed by atoms with Crippen LogP contribution < -0.4 is 20.7 Å². The van der Waals surface area contributed by atoms with E-state index in [4.69, 9.17) is 4.74 Å². The van der Waals surface area contributed by atoms with Crippen molar-refractivity contribution in [2.24, 2.45) is 23.2 Å². The lowest BCUT2D eigenvalue weighted by atomic mass is 9.48. The highest BCUT2D eigenvalue weighted by Gasteiger charge is 2.55. The van der Waals surface area contributed by atoms with Crippen molar-refractivity contribution in [3.63, 3.8) is 0 Å². The lowest BCUT2D eigenvalue weighted by Gasteiger charge is -2.60. The van der Waals surface area contributed by atoms with Gasteiger partial charge >= 0.3 is 0 Å². The molecule has 0 amide bonds. The van der Waals surface area contributed by atoms with E-state index >= 15 is 0 Å². The summed E-state index contributed by atoms with van der Waals surface area (Å²) in [6, 6.07) is 10.8. The fourth-order valence-electron chi connectivity index (χ4n) is 7.04. The minimum absolute atomic E-state index is 0.146. The van der Waals surface area contributed by atoms with Gasteiger partial charge in [0.2, 0.25) is 5.95 Å². The first-order valence-corrected chi connectivity index (χ1v) is 12.8. The topological polar surface area (TPSA) is 115 Å². The Kier molecular flexibility index (Phi) is 6.81. The summed E-state index contributed by atoms with van der Waals surface area (Å²) in [4.78, 5) is 9.01. The highest BCUT2D eigenvalue weighted by molar-refractivity contribution is 5.53. The van der Waals surface area contributed by atoms with Crippen LogP contribution in [0.15, 0.2) is 30.5 Å². The molecular weight excluding hydrogens is 440 g/mol. The molecule has 4 fully saturated rings. The summed E-state index contributed by atoms with van der Waals surface area (Å²) >= 11 is 0. The predicted octanol–water partition coefficient (Wildman–Crippen LogP) is 3.55. The standard InChI is InChI=1S/C27H36N6O2/c1-17(15-34)32-24-20-7-18-8-21(24)11-27(9-18,10-20)16-31-25-22(12-28)14-30-26(33-25)29-13-19-5-3-4-6-23(19)35-2/h3-6,14,17-18,20-21,24,32,34H,7-11,13,15-16H2,1-2H3,(H2,29,30,31,33)/t17?,18?,20-,21+,24-,27+. The van der Waals surface area contributed by atoms with Gasteiger partial charge in [0.05, 0.1) is 19.9 Å². The lowest BCUT2D eigenvalue weighted by Crippen LogP contribution is -2.61. The van der Waals surface area contributed by atoms with E-state index in [1.54, 1.807) is 13.3 Å². The average molecular weight is 477 g/mol. The maximum atomic E-state index is 9.65. The summed E-state index contributed by atoms with van der Waals surface area (Å²) < 4.78 is 5.43. The molecule has 4 bridgehead atoms. The first kappa shape index (κ1) is 23.8. The highest BCUT2D eigenvalue weighted by atomic mass is 16.5. The molecule has 1 heterocycles.